The van der Waals surface area contributed by atoms with Gasteiger partial charge in [-0.05, 0) is 55.4 Å². The Morgan fingerprint density at radius 1 is 1.29 bits per heavy atom. The van der Waals surface area contributed by atoms with E-state index in [1.807, 2.05) is 0 Å². The fraction of sp³-hybridized carbons (Fsp3) is 0.647. The molecule has 3 saturated heterocycles. The zero-order chi connectivity index (χ0) is 14.4. The molecule has 4 aliphatic rings. The van der Waals surface area contributed by atoms with Crippen molar-refractivity contribution >= 4 is 5.69 Å². The summed E-state index contributed by atoms with van der Waals surface area (Å²) >= 11 is 0. The lowest BCUT2D eigenvalue weighted by Gasteiger charge is -2.34. The predicted molar refractivity (Wildman–Crippen MR) is 82.7 cm³/mol. The van der Waals surface area contributed by atoms with E-state index in [4.69, 9.17) is 15.2 Å². The summed E-state index contributed by atoms with van der Waals surface area (Å²) in [7, 11) is 0. The molecule has 0 aromatic heterocycles. The standard InChI is InChI=1S/C17H24N2O2/c1-10-4-16(18)17(21-13-2-3-13)6-14(10)15-5-12-9-20-8-11(15)7-19-12/h4,6,11-13,15,19H,2-3,5,7-9,18H2,1H3. The molecule has 4 nitrogen and oxygen atoms in total. The van der Waals surface area contributed by atoms with Gasteiger partial charge in [-0.15, -0.1) is 0 Å². The maximum Gasteiger partial charge on any atom is 0.142 e. The van der Waals surface area contributed by atoms with Crippen molar-refractivity contribution in [1.82, 2.24) is 5.32 Å². The summed E-state index contributed by atoms with van der Waals surface area (Å²) in [6, 6.07) is 4.77. The molecule has 0 radical (unpaired) electrons. The third-order valence-electron chi connectivity index (χ3n) is 5.04. The molecule has 4 heteroatoms. The zero-order valence-corrected chi connectivity index (χ0v) is 12.6. The number of nitrogens with two attached hydrogens (primary N) is 1. The van der Waals surface area contributed by atoms with Crippen molar-refractivity contribution in [3.63, 3.8) is 0 Å². The van der Waals surface area contributed by atoms with E-state index >= 15 is 0 Å². The van der Waals surface area contributed by atoms with Gasteiger partial charge in [0.1, 0.15) is 5.75 Å². The molecule has 3 N–H and O–H groups in total. The minimum atomic E-state index is 0.387. The highest BCUT2D eigenvalue weighted by atomic mass is 16.5. The number of nitrogens with one attached hydrogen (secondary N) is 1. The van der Waals surface area contributed by atoms with Crippen LogP contribution >= 0.6 is 0 Å². The number of hydrogen-bond donors (Lipinski definition) is 2. The lowest BCUT2D eigenvalue weighted by molar-refractivity contribution is 0.124. The van der Waals surface area contributed by atoms with Crippen molar-refractivity contribution in [3.8, 4) is 5.75 Å². The lowest BCUT2D eigenvalue weighted by atomic mass is 9.78. The number of piperidine rings is 1. The molecule has 0 amide bonds. The van der Waals surface area contributed by atoms with Crippen LogP contribution in [0, 0.1) is 12.8 Å². The van der Waals surface area contributed by atoms with Gasteiger partial charge in [-0.3, -0.25) is 0 Å². The average molecular weight is 288 g/mol. The van der Waals surface area contributed by atoms with Crippen LogP contribution in [0.25, 0.3) is 0 Å². The van der Waals surface area contributed by atoms with Gasteiger partial charge < -0.3 is 20.5 Å². The van der Waals surface area contributed by atoms with Gasteiger partial charge in [0, 0.05) is 18.5 Å². The number of nitrogen functional groups attached to an aromatic ring is 1. The molecule has 3 atom stereocenters. The van der Waals surface area contributed by atoms with E-state index in [9.17, 15) is 0 Å². The van der Waals surface area contributed by atoms with Gasteiger partial charge in [0.2, 0.25) is 0 Å². The van der Waals surface area contributed by atoms with E-state index in [0.29, 0.717) is 24.0 Å². The summed E-state index contributed by atoms with van der Waals surface area (Å²) in [6.45, 7) is 4.92. The molecule has 114 valence electrons. The monoisotopic (exact) mass is 288 g/mol. The fourth-order valence-electron chi connectivity index (χ4n) is 3.68. The zero-order valence-electron chi connectivity index (χ0n) is 12.6. The van der Waals surface area contributed by atoms with Gasteiger partial charge in [0.25, 0.3) is 0 Å². The fourth-order valence-corrected chi connectivity index (χ4v) is 3.68. The quantitative estimate of drug-likeness (QED) is 0.837. The minimum Gasteiger partial charge on any atom is -0.488 e. The van der Waals surface area contributed by atoms with E-state index in [1.165, 1.54) is 11.1 Å². The molecule has 4 fully saturated rings. The van der Waals surface area contributed by atoms with E-state index in [2.05, 4.69) is 24.4 Å². The highest BCUT2D eigenvalue weighted by Gasteiger charge is 2.36. The third-order valence-corrected chi connectivity index (χ3v) is 5.04. The molecule has 21 heavy (non-hydrogen) atoms. The van der Waals surface area contributed by atoms with Crippen LogP contribution in [-0.2, 0) is 4.74 Å². The largest absolute Gasteiger partial charge is 0.488 e. The number of rotatable bonds is 3. The van der Waals surface area contributed by atoms with E-state index < -0.39 is 0 Å². The maximum atomic E-state index is 6.14. The molecule has 1 aromatic rings. The first kappa shape index (κ1) is 13.4. The summed E-state index contributed by atoms with van der Waals surface area (Å²) in [4.78, 5) is 0. The van der Waals surface area contributed by atoms with Crippen LogP contribution in [0.3, 0.4) is 0 Å². The van der Waals surface area contributed by atoms with E-state index in [1.54, 1.807) is 0 Å². The number of ether oxygens (including phenoxy) is 2. The first-order valence-electron chi connectivity index (χ1n) is 8.08. The molecule has 0 spiro atoms. The first-order valence-corrected chi connectivity index (χ1v) is 8.08. The summed E-state index contributed by atoms with van der Waals surface area (Å²) in [5.41, 5.74) is 9.60. The van der Waals surface area contributed by atoms with Crippen molar-refractivity contribution in [2.75, 3.05) is 25.5 Å². The van der Waals surface area contributed by atoms with Crippen molar-refractivity contribution in [2.45, 2.75) is 44.2 Å². The molecule has 1 saturated carbocycles. The normalized spacial score (nSPS) is 32.0. The molecule has 1 aromatic carbocycles. The van der Waals surface area contributed by atoms with Crippen LogP contribution in [0.1, 0.15) is 36.3 Å². The van der Waals surface area contributed by atoms with E-state index in [-0.39, 0.29) is 0 Å². The first-order chi connectivity index (χ1) is 10.2. The molecule has 2 bridgehead atoms. The molecule has 3 unspecified atom stereocenters. The SMILES string of the molecule is Cc1cc(N)c(OC2CC2)cc1C1CC2COCC1CN2. The Balaban J connectivity index is 1.66. The van der Waals surface area contributed by atoms with Crippen molar-refractivity contribution in [3.05, 3.63) is 23.3 Å². The number of hydrogen-bond acceptors (Lipinski definition) is 4. The van der Waals surface area contributed by atoms with Crippen molar-refractivity contribution in [1.29, 1.82) is 0 Å². The third kappa shape index (κ3) is 2.62. The second-order valence-corrected chi connectivity index (χ2v) is 6.81. The predicted octanol–water partition coefficient (Wildman–Crippen LogP) is 2.21. The molecule has 3 heterocycles. The van der Waals surface area contributed by atoms with Crippen molar-refractivity contribution in [2.24, 2.45) is 5.92 Å². The Hall–Kier alpha value is -1.26. The second-order valence-electron chi connectivity index (χ2n) is 6.81. The minimum absolute atomic E-state index is 0.387. The van der Waals surface area contributed by atoms with Gasteiger partial charge in [0.05, 0.1) is 25.0 Å². The Morgan fingerprint density at radius 2 is 2.14 bits per heavy atom. The molecular weight excluding hydrogens is 264 g/mol. The van der Waals surface area contributed by atoms with Gasteiger partial charge in [-0.2, -0.15) is 0 Å². The van der Waals surface area contributed by atoms with Crippen molar-refractivity contribution < 1.29 is 9.47 Å². The topological polar surface area (TPSA) is 56.5 Å². The number of benzene rings is 1. The Kier molecular flexibility index (Phi) is 3.31. The van der Waals surface area contributed by atoms with Gasteiger partial charge >= 0.3 is 0 Å². The molecular formula is C17H24N2O2. The summed E-state index contributed by atoms with van der Waals surface area (Å²) in [5.74, 6) is 1.99. The summed E-state index contributed by atoms with van der Waals surface area (Å²) in [5, 5.41) is 3.59. The molecule has 3 aliphatic heterocycles. The molecule has 1 aliphatic carbocycles. The van der Waals surface area contributed by atoms with Crippen LogP contribution in [0.4, 0.5) is 5.69 Å². The summed E-state index contributed by atoms with van der Waals surface area (Å²) in [6.07, 6.45) is 3.86. The number of fused-ring (bicyclic) bond motifs is 4. The number of aryl methyl sites for hydroxylation is 1. The van der Waals surface area contributed by atoms with Crippen LogP contribution < -0.4 is 15.8 Å². The summed E-state index contributed by atoms with van der Waals surface area (Å²) < 4.78 is 11.8. The van der Waals surface area contributed by atoms with Crippen LogP contribution in [0.2, 0.25) is 0 Å². The van der Waals surface area contributed by atoms with Crippen LogP contribution in [-0.4, -0.2) is 31.9 Å². The number of anilines is 1. The van der Waals surface area contributed by atoms with Gasteiger partial charge in [-0.25, -0.2) is 0 Å². The highest BCUT2D eigenvalue weighted by Crippen LogP contribution is 2.40. The van der Waals surface area contributed by atoms with Crippen LogP contribution in [0.5, 0.6) is 5.75 Å². The van der Waals surface area contributed by atoms with Gasteiger partial charge in [-0.1, -0.05) is 0 Å². The van der Waals surface area contributed by atoms with Crippen LogP contribution in [0.15, 0.2) is 12.1 Å². The smallest absolute Gasteiger partial charge is 0.142 e. The highest BCUT2D eigenvalue weighted by molar-refractivity contribution is 5.57. The van der Waals surface area contributed by atoms with E-state index in [0.717, 1.165) is 50.5 Å². The molecule has 5 rings (SSSR count). The average Bonchev–Trinajstić information content (AvgIpc) is 3.29. The Bertz CT molecular complexity index is 538. The lowest BCUT2D eigenvalue weighted by Crippen LogP contribution is -2.42. The van der Waals surface area contributed by atoms with Gasteiger partial charge in [0.15, 0.2) is 0 Å². The Labute approximate surface area is 126 Å². The Morgan fingerprint density at radius 3 is 2.95 bits per heavy atom. The second kappa shape index (κ2) is 5.18. The maximum absolute atomic E-state index is 6.14.